The van der Waals surface area contributed by atoms with Crippen molar-refractivity contribution in [3.05, 3.63) is 48.4 Å². The van der Waals surface area contributed by atoms with Crippen LogP contribution in [0.3, 0.4) is 0 Å². The average Bonchev–Trinajstić information content (AvgIpc) is 2.75. The number of pyridine rings is 1. The van der Waals surface area contributed by atoms with Crippen LogP contribution in [0.5, 0.6) is 0 Å². The van der Waals surface area contributed by atoms with Gasteiger partial charge in [0.05, 0.1) is 16.5 Å². The number of para-hydroxylation sites is 1. The van der Waals surface area contributed by atoms with E-state index in [0.717, 1.165) is 31.0 Å². The van der Waals surface area contributed by atoms with Gasteiger partial charge in [-0.05, 0) is 37.1 Å². The number of aromatic nitrogens is 1. The van der Waals surface area contributed by atoms with Crippen LogP contribution in [0.2, 0.25) is 0 Å². The van der Waals surface area contributed by atoms with E-state index in [4.69, 9.17) is 0 Å². The largest absolute Gasteiger partial charge is 0.325 e. The Balaban J connectivity index is 1.50. The zero-order chi connectivity index (χ0) is 21.6. The van der Waals surface area contributed by atoms with Gasteiger partial charge in [0.25, 0.3) is 0 Å². The van der Waals surface area contributed by atoms with Crippen LogP contribution in [0.25, 0.3) is 0 Å². The summed E-state index contributed by atoms with van der Waals surface area (Å²) in [7, 11) is -3.56. The van der Waals surface area contributed by atoms with E-state index in [1.165, 1.54) is 40.8 Å². The Morgan fingerprint density at radius 3 is 2.50 bits per heavy atom. The monoisotopic (exact) mass is 452 g/mol. The van der Waals surface area contributed by atoms with E-state index < -0.39 is 27.8 Å². The molecule has 0 unspecified atom stereocenters. The molecule has 0 atom stereocenters. The third kappa shape index (κ3) is 5.77. The number of imide groups is 1. The Labute approximate surface area is 178 Å². The molecule has 0 spiro atoms. The van der Waals surface area contributed by atoms with Gasteiger partial charge in [0.15, 0.2) is 0 Å². The Bertz CT molecular complexity index is 1010. The number of hydrogen-bond donors (Lipinski definition) is 2. The fourth-order valence-corrected chi connectivity index (χ4v) is 4.98. The molecule has 0 bridgehead atoms. The number of anilines is 1. The maximum atomic E-state index is 13.5. The van der Waals surface area contributed by atoms with Crippen LogP contribution >= 0.6 is 11.8 Å². The van der Waals surface area contributed by atoms with Gasteiger partial charge in [-0.2, -0.15) is 4.31 Å². The highest BCUT2D eigenvalue weighted by molar-refractivity contribution is 7.99. The van der Waals surface area contributed by atoms with Gasteiger partial charge in [0.1, 0.15) is 10.7 Å². The standard InChI is InChI=1S/C19H21FN4O4S2/c20-15-6-2-3-7-16(15)22-19(26)23-17(25)13-29-18-9-8-14(12-21-18)30(27,28)24-10-4-1-5-11-24/h2-3,6-9,12H,1,4-5,10-11,13H2,(H2,22,23,25,26). The second kappa shape index (κ2) is 10.0. The number of hydrogen-bond acceptors (Lipinski definition) is 6. The molecule has 2 heterocycles. The van der Waals surface area contributed by atoms with Crippen LogP contribution < -0.4 is 10.6 Å². The first-order valence-electron chi connectivity index (χ1n) is 9.30. The molecule has 0 saturated carbocycles. The van der Waals surface area contributed by atoms with Crippen LogP contribution in [-0.4, -0.2) is 48.5 Å². The first kappa shape index (κ1) is 22.2. The molecular formula is C19H21FN4O4S2. The van der Waals surface area contributed by atoms with Crippen molar-refractivity contribution >= 4 is 39.4 Å². The Morgan fingerprint density at radius 2 is 1.83 bits per heavy atom. The maximum Gasteiger partial charge on any atom is 0.325 e. The van der Waals surface area contributed by atoms with Crippen LogP contribution in [0.15, 0.2) is 52.5 Å². The summed E-state index contributed by atoms with van der Waals surface area (Å²) in [6.45, 7) is 1.02. The lowest BCUT2D eigenvalue weighted by molar-refractivity contribution is -0.117. The van der Waals surface area contributed by atoms with E-state index >= 15 is 0 Å². The van der Waals surface area contributed by atoms with E-state index in [0.29, 0.717) is 18.1 Å². The van der Waals surface area contributed by atoms with E-state index in [9.17, 15) is 22.4 Å². The summed E-state index contributed by atoms with van der Waals surface area (Å²) >= 11 is 1.05. The first-order valence-corrected chi connectivity index (χ1v) is 11.7. The molecule has 1 aliphatic heterocycles. The van der Waals surface area contributed by atoms with Gasteiger partial charge in [0.2, 0.25) is 15.9 Å². The van der Waals surface area contributed by atoms with Gasteiger partial charge in [-0.15, -0.1) is 0 Å². The van der Waals surface area contributed by atoms with Crippen molar-refractivity contribution in [3.8, 4) is 0 Å². The van der Waals surface area contributed by atoms with Gasteiger partial charge in [0, 0.05) is 19.3 Å². The predicted octanol–water partition coefficient (Wildman–Crippen LogP) is 2.84. The summed E-state index contributed by atoms with van der Waals surface area (Å²) in [5.41, 5.74) is -0.0392. The summed E-state index contributed by atoms with van der Waals surface area (Å²) < 4.78 is 40.2. The molecule has 2 N–H and O–H groups in total. The van der Waals surface area contributed by atoms with Gasteiger partial charge >= 0.3 is 6.03 Å². The molecule has 3 amide bonds. The predicted molar refractivity (Wildman–Crippen MR) is 111 cm³/mol. The zero-order valence-electron chi connectivity index (χ0n) is 16.0. The number of carbonyl (C=O) groups is 2. The number of rotatable bonds is 6. The molecule has 160 valence electrons. The van der Waals surface area contributed by atoms with Gasteiger partial charge in [-0.3, -0.25) is 10.1 Å². The molecule has 2 aromatic rings. The van der Waals surface area contributed by atoms with Crippen molar-refractivity contribution < 1.29 is 22.4 Å². The highest BCUT2D eigenvalue weighted by Gasteiger charge is 2.26. The van der Waals surface area contributed by atoms with E-state index in [1.54, 1.807) is 6.07 Å². The van der Waals surface area contributed by atoms with Crippen LogP contribution in [0.1, 0.15) is 19.3 Å². The molecule has 3 rings (SSSR count). The van der Waals surface area contributed by atoms with Crippen molar-refractivity contribution in [1.82, 2.24) is 14.6 Å². The molecule has 0 radical (unpaired) electrons. The molecule has 1 fully saturated rings. The van der Waals surface area contributed by atoms with E-state index in [2.05, 4.69) is 15.6 Å². The summed E-state index contributed by atoms with van der Waals surface area (Å²) in [6, 6.07) is 7.73. The van der Waals surface area contributed by atoms with Crippen molar-refractivity contribution in [2.75, 3.05) is 24.2 Å². The second-order valence-corrected chi connectivity index (χ2v) is 9.50. The fourth-order valence-electron chi connectivity index (χ4n) is 2.88. The van der Waals surface area contributed by atoms with Gasteiger partial charge in [-0.1, -0.05) is 30.3 Å². The minimum atomic E-state index is -3.56. The number of piperidine rings is 1. The fraction of sp³-hybridized carbons (Fsp3) is 0.316. The minimum absolute atomic E-state index is 0.0392. The normalized spacial score (nSPS) is 14.8. The van der Waals surface area contributed by atoms with E-state index in [1.807, 2.05) is 0 Å². The number of urea groups is 1. The number of nitrogens with one attached hydrogen (secondary N) is 2. The summed E-state index contributed by atoms with van der Waals surface area (Å²) in [4.78, 5) is 27.9. The highest BCUT2D eigenvalue weighted by Crippen LogP contribution is 2.22. The summed E-state index contributed by atoms with van der Waals surface area (Å²) in [5, 5.41) is 4.79. The molecule has 0 aliphatic carbocycles. The quantitative estimate of drug-likeness (QED) is 0.653. The molecule has 1 aromatic carbocycles. The lowest BCUT2D eigenvalue weighted by Gasteiger charge is -2.25. The molecule has 1 aromatic heterocycles. The Hall–Kier alpha value is -2.50. The van der Waals surface area contributed by atoms with Crippen LogP contribution in [-0.2, 0) is 14.8 Å². The number of nitrogens with zero attached hydrogens (tertiary/aromatic N) is 2. The zero-order valence-corrected chi connectivity index (χ0v) is 17.6. The second-order valence-electron chi connectivity index (χ2n) is 6.57. The van der Waals surface area contributed by atoms with E-state index in [-0.39, 0.29) is 16.3 Å². The third-order valence-corrected chi connectivity index (χ3v) is 7.21. The van der Waals surface area contributed by atoms with Crippen LogP contribution in [0, 0.1) is 5.82 Å². The van der Waals surface area contributed by atoms with Gasteiger partial charge < -0.3 is 5.32 Å². The summed E-state index contributed by atoms with van der Waals surface area (Å²) in [5.74, 6) is -1.32. The Kier molecular flexibility index (Phi) is 7.40. The maximum absolute atomic E-state index is 13.5. The van der Waals surface area contributed by atoms with Gasteiger partial charge in [-0.25, -0.2) is 22.6 Å². The number of halogens is 1. The summed E-state index contributed by atoms with van der Waals surface area (Å²) in [6.07, 6.45) is 4.00. The van der Waals surface area contributed by atoms with Crippen molar-refractivity contribution in [2.45, 2.75) is 29.2 Å². The van der Waals surface area contributed by atoms with Crippen molar-refractivity contribution in [2.24, 2.45) is 0 Å². The lowest BCUT2D eigenvalue weighted by atomic mass is 10.2. The molecule has 8 nitrogen and oxygen atoms in total. The number of sulfonamides is 1. The highest BCUT2D eigenvalue weighted by atomic mass is 32.2. The first-order chi connectivity index (χ1) is 14.4. The average molecular weight is 453 g/mol. The SMILES string of the molecule is O=C(CSc1ccc(S(=O)(=O)N2CCCCC2)cn1)NC(=O)Nc1ccccc1F. The Morgan fingerprint density at radius 1 is 1.10 bits per heavy atom. The number of amides is 3. The number of benzene rings is 1. The number of thioether (sulfide) groups is 1. The molecule has 1 saturated heterocycles. The number of carbonyl (C=O) groups excluding carboxylic acids is 2. The molecule has 11 heteroatoms. The molecule has 1 aliphatic rings. The molecule has 30 heavy (non-hydrogen) atoms. The van der Waals surface area contributed by atoms with Crippen LogP contribution in [0.4, 0.5) is 14.9 Å². The topological polar surface area (TPSA) is 108 Å². The smallest absolute Gasteiger partial charge is 0.305 e. The molecular weight excluding hydrogens is 431 g/mol. The lowest BCUT2D eigenvalue weighted by Crippen LogP contribution is -2.35. The van der Waals surface area contributed by atoms with Crippen molar-refractivity contribution in [3.63, 3.8) is 0 Å². The minimum Gasteiger partial charge on any atom is -0.305 e. The third-order valence-electron chi connectivity index (χ3n) is 4.39. The van der Waals surface area contributed by atoms with Crippen molar-refractivity contribution in [1.29, 1.82) is 0 Å².